The first-order valence-electron chi connectivity index (χ1n) is 9.37. The first-order chi connectivity index (χ1) is 12.1. The number of phenols is 1. The number of benzene rings is 1. The standard InChI is InChI=1S/C19H31FN4O.HI/c1-3-16-7-5-6-11-24(16)12-10-22-19(21-4-2)23-14-15-8-9-18(25)17(20)13-15;/h8-9,13,16,25H,3-7,10-12,14H2,1-2H3,(H2,21,22,23);1H. The van der Waals surface area contributed by atoms with Crippen LogP contribution in [0.1, 0.15) is 45.1 Å². The highest BCUT2D eigenvalue weighted by atomic mass is 127. The maximum absolute atomic E-state index is 13.4. The summed E-state index contributed by atoms with van der Waals surface area (Å²) >= 11 is 0. The van der Waals surface area contributed by atoms with E-state index in [9.17, 15) is 9.50 Å². The van der Waals surface area contributed by atoms with Gasteiger partial charge < -0.3 is 15.7 Å². The molecule has 0 spiro atoms. The minimum atomic E-state index is -0.610. The molecule has 26 heavy (non-hydrogen) atoms. The van der Waals surface area contributed by atoms with Crippen molar-refractivity contribution in [3.8, 4) is 5.75 Å². The smallest absolute Gasteiger partial charge is 0.191 e. The Hall–Kier alpha value is -1.09. The van der Waals surface area contributed by atoms with Gasteiger partial charge in [-0.15, -0.1) is 24.0 Å². The number of guanidine groups is 1. The number of hydrogen-bond acceptors (Lipinski definition) is 3. The third-order valence-electron chi connectivity index (χ3n) is 4.69. The van der Waals surface area contributed by atoms with Crippen LogP contribution in [0.3, 0.4) is 0 Å². The van der Waals surface area contributed by atoms with Crippen molar-refractivity contribution in [1.82, 2.24) is 15.5 Å². The van der Waals surface area contributed by atoms with Gasteiger partial charge in [-0.1, -0.05) is 19.4 Å². The molecule has 7 heteroatoms. The molecule has 1 aliphatic heterocycles. The molecule has 0 saturated carbocycles. The highest BCUT2D eigenvalue weighted by molar-refractivity contribution is 14.0. The third kappa shape index (κ3) is 7.26. The fourth-order valence-electron chi connectivity index (χ4n) is 3.30. The molecule has 2 rings (SSSR count). The number of rotatable bonds is 7. The monoisotopic (exact) mass is 478 g/mol. The molecular formula is C19H32FIN4O. The van der Waals surface area contributed by atoms with Gasteiger partial charge in [-0.25, -0.2) is 9.38 Å². The lowest BCUT2D eigenvalue weighted by Gasteiger charge is -2.35. The zero-order valence-corrected chi connectivity index (χ0v) is 18.1. The van der Waals surface area contributed by atoms with Crippen molar-refractivity contribution in [3.63, 3.8) is 0 Å². The predicted molar refractivity (Wildman–Crippen MR) is 116 cm³/mol. The zero-order chi connectivity index (χ0) is 18.1. The van der Waals surface area contributed by atoms with Crippen LogP contribution in [-0.2, 0) is 6.54 Å². The Kier molecular flexibility index (Phi) is 10.9. The Morgan fingerprint density at radius 2 is 2.12 bits per heavy atom. The molecule has 0 aliphatic carbocycles. The SMILES string of the molecule is CCNC(=NCc1ccc(O)c(F)c1)NCCN1CCCCC1CC.I. The van der Waals surface area contributed by atoms with Gasteiger partial charge in [-0.05, 0) is 50.4 Å². The normalized spacial score (nSPS) is 18.3. The van der Waals surface area contributed by atoms with E-state index in [1.807, 2.05) is 6.92 Å². The topological polar surface area (TPSA) is 59.9 Å². The van der Waals surface area contributed by atoms with Crippen LogP contribution in [0, 0.1) is 5.82 Å². The van der Waals surface area contributed by atoms with E-state index in [-0.39, 0.29) is 29.7 Å². The van der Waals surface area contributed by atoms with Crippen molar-refractivity contribution in [2.75, 3.05) is 26.2 Å². The van der Waals surface area contributed by atoms with Gasteiger partial charge in [0.2, 0.25) is 0 Å². The quantitative estimate of drug-likeness (QED) is 0.319. The molecule has 1 aromatic carbocycles. The lowest BCUT2D eigenvalue weighted by molar-refractivity contribution is 0.147. The van der Waals surface area contributed by atoms with Crippen LogP contribution >= 0.6 is 24.0 Å². The number of phenolic OH excluding ortho intramolecular Hbond substituents is 1. The van der Waals surface area contributed by atoms with Crippen molar-refractivity contribution in [3.05, 3.63) is 29.6 Å². The number of halogens is 2. The minimum absolute atomic E-state index is 0. The summed E-state index contributed by atoms with van der Waals surface area (Å²) in [5, 5.41) is 15.8. The lowest BCUT2D eigenvalue weighted by Crippen LogP contribution is -2.45. The summed E-state index contributed by atoms with van der Waals surface area (Å²) < 4.78 is 13.4. The van der Waals surface area contributed by atoms with Crippen LogP contribution in [-0.4, -0.2) is 48.2 Å². The molecule has 1 aliphatic rings. The average Bonchev–Trinajstić information content (AvgIpc) is 2.63. The molecule has 5 nitrogen and oxygen atoms in total. The first-order valence-corrected chi connectivity index (χ1v) is 9.37. The fourth-order valence-corrected chi connectivity index (χ4v) is 3.30. The Labute approximate surface area is 173 Å². The molecule has 1 heterocycles. The molecule has 1 fully saturated rings. The largest absolute Gasteiger partial charge is 0.505 e. The van der Waals surface area contributed by atoms with Gasteiger partial charge in [0.15, 0.2) is 17.5 Å². The van der Waals surface area contributed by atoms with Crippen molar-refractivity contribution in [2.24, 2.45) is 4.99 Å². The third-order valence-corrected chi connectivity index (χ3v) is 4.69. The molecular weight excluding hydrogens is 446 g/mol. The van der Waals surface area contributed by atoms with Gasteiger partial charge in [-0.3, -0.25) is 4.90 Å². The molecule has 1 aromatic rings. The second-order valence-electron chi connectivity index (χ2n) is 6.50. The number of nitrogens with zero attached hydrogens (tertiary/aromatic N) is 2. The second kappa shape index (κ2) is 12.3. The second-order valence-corrected chi connectivity index (χ2v) is 6.50. The van der Waals surface area contributed by atoms with Gasteiger partial charge >= 0.3 is 0 Å². The molecule has 148 valence electrons. The van der Waals surface area contributed by atoms with Crippen LogP contribution < -0.4 is 10.6 Å². The van der Waals surface area contributed by atoms with E-state index in [2.05, 4.69) is 27.4 Å². The summed E-state index contributed by atoms with van der Waals surface area (Å²) in [6.45, 7) is 8.46. The Balaban J connectivity index is 0.00000338. The molecule has 1 atom stereocenters. The number of aromatic hydroxyl groups is 1. The summed E-state index contributed by atoms with van der Waals surface area (Å²) in [7, 11) is 0. The number of hydrogen-bond donors (Lipinski definition) is 3. The van der Waals surface area contributed by atoms with Crippen LogP contribution in [0.5, 0.6) is 5.75 Å². The van der Waals surface area contributed by atoms with Crippen molar-refractivity contribution < 1.29 is 9.50 Å². The molecule has 1 unspecified atom stereocenters. The van der Waals surface area contributed by atoms with Gasteiger partial charge in [0.05, 0.1) is 6.54 Å². The van der Waals surface area contributed by atoms with Gasteiger partial charge in [0.1, 0.15) is 0 Å². The van der Waals surface area contributed by atoms with E-state index in [0.29, 0.717) is 12.6 Å². The Bertz CT molecular complexity index is 570. The van der Waals surface area contributed by atoms with Crippen molar-refractivity contribution >= 4 is 29.9 Å². The summed E-state index contributed by atoms with van der Waals surface area (Å²) in [4.78, 5) is 7.07. The first kappa shape index (κ1) is 23.0. The van der Waals surface area contributed by atoms with Crippen LogP contribution in [0.2, 0.25) is 0 Å². The van der Waals surface area contributed by atoms with E-state index in [0.717, 1.165) is 31.2 Å². The van der Waals surface area contributed by atoms with Crippen LogP contribution in [0.4, 0.5) is 4.39 Å². The molecule has 3 N–H and O–H groups in total. The maximum atomic E-state index is 13.4. The Morgan fingerprint density at radius 3 is 2.81 bits per heavy atom. The Morgan fingerprint density at radius 1 is 1.31 bits per heavy atom. The summed E-state index contributed by atoms with van der Waals surface area (Å²) in [5.41, 5.74) is 0.731. The van der Waals surface area contributed by atoms with Crippen molar-refractivity contribution in [1.29, 1.82) is 0 Å². The highest BCUT2D eigenvalue weighted by Crippen LogP contribution is 2.18. The van der Waals surface area contributed by atoms with Crippen LogP contribution in [0.25, 0.3) is 0 Å². The maximum Gasteiger partial charge on any atom is 0.191 e. The molecule has 0 amide bonds. The highest BCUT2D eigenvalue weighted by Gasteiger charge is 2.19. The molecule has 0 radical (unpaired) electrons. The van der Waals surface area contributed by atoms with Crippen molar-refractivity contribution in [2.45, 2.75) is 52.1 Å². The summed E-state index contributed by atoms with van der Waals surface area (Å²) in [5.74, 6) is -0.202. The van der Waals surface area contributed by atoms with E-state index >= 15 is 0 Å². The number of piperidine rings is 1. The molecule has 0 aromatic heterocycles. The van der Waals surface area contributed by atoms with Gasteiger partial charge in [0, 0.05) is 25.7 Å². The van der Waals surface area contributed by atoms with E-state index < -0.39 is 5.82 Å². The predicted octanol–water partition coefficient (Wildman–Crippen LogP) is 3.47. The zero-order valence-electron chi connectivity index (χ0n) is 15.8. The summed E-state index contributed by atoms with van der Waals surface area (Å²) in [6.07, 6.45) is 5.14. The van der Waals surface area contributed by atoms with E-state index in [4.69, 9.17) is 0 Å². The molecule has 1 saturated heterocycles. The molecule has 0 bridgehead atoms. The summed E-state index contributed by atoms with van der Waals surface area (Å²) in [6, 6.07) is 5.07. The van der Waals surface area contributed by atoms with E-state index in [1.165, 1.54) is 44.4 Å². The lowest BCUT2D eigenvalue weighted by atomic mass is 10.0. The fraction of sp³-hybridized carbons (Fsp3) is 0.632. The number of nitrogens with one attached hydrogen (secondary N) is 2. The minimum Gasteiger partial charge on any atom is -0.505 e. The number of likely N-dealkylation sites (tertiary alicyclic amines) is 1. The average molecular weight is 478 g/mol. The van der Waals surface area contributed by atoms with Crippen LogP contribution in [0.15, 0.2) is 23.2 Å². The number of aliphatic imine (C=N–C) groups is 1. The van der Waals surface area contributed by atoms with Gasteiger partial charge in [0.25, 0.3) is 0 Å². The van der Waals surface area contributed by atoms with E-state index in [1.54, 1.807) is 6.07 Å². The van der Waals surface area contributed by atoms with Gasteiger partial charge in [-0.2, -0.15) is 0 Å².